The Morgan fingerprint density at radius 2 is 1.64 bits per heavy atom. The Balaban J connectivity index is 1.45. The minimum Gasteiger partial charge on any atom is -0.274 e. The van der Waals surface area contributed by atoms with E-state index in [1.807, 2.05) is 6.92 Å². The van der Waals surface area contributed by atoms with E-state index in [1.165, 1.54) is 41.8 Å². The van der Waals surface area contributed by atoms with Crippen LogP contribution in [-0.2, 0) is 34.0 Å². The number of nitrogens with one attached hydrogen (secondary N) is 1. The average Bonchev–Trinajstić information content (AvgIpc) is 3.38. The van der Waals surface area contributed by atoms with Crippen molar-refractivity contribution in [1.29, 1.82) is 0 Å². The molecular formula is C31H29Cl2F3N4O4S. The van der Waals surface area contributed by atoms with E-state index < -0.39 is 43.1 Å². The Kier molecular flexibility index (Phi) is 8.71. The van der Waals surface area contributed by atoms with Crippen molar-refractivity contribution >= 4 is 39.1 Å². The largest absolute Gasteiger partial charge is 0.418 e. The first-order chi connectivity index (χ1) is 21.1. The van der Waals surface area contributed by atoms with Crippen LogP contribution in [0.3, 0.4) is 0 Å². The summed E-state index contributed by atoms with van der Waals surface area (Å²) in [5.41, 5.74) is -1.80. The summed E-state index contributed by atoms with van der Waals surface area (Å²) in [5.74, 6) is -0.460. The molecule has 0 aliphatic heterocycles. The van der Waals surface area contributed by atoms with Crippen molar-refractivity contribution in [3.05, 3.63) is 100 Å². The number of benzene rings is 3. The van der Waals surface area contributed by atoms with E-state index in [0.717, 1.165) is 17.2 Å². The SMILES string of the molecule is CCCCc1nn(-c2ccccc2C(F)(F)F)c(=O)n1Cc1ccc(-c2ccccc2S(=O)(=O)NC(=O)C2(C)CC2(Cl)Cl)cc1. The molecule has 3 aromatic carbocycles. The zero-order chi connectivity index (χ0) is 32.8. The van der Waals surface area contributed by atoms with E-state index in [1.54, 1.807) is 36.4 Å². The van der Waals surface area contributed by atoms with Crippen LogP contribution in [0.2, 0.25) is 0 Å². The molecule has 4 aromatic rings. The van der Waals surface area contributed by atoms with Crippen LogP contribution in [-0.4, -0.2) is 33.0 Å². The zero-order valence-electron chi connectivity index (χ0n) is 24.2. The molecule has 1 amide bonds. The summed E-state index contributed by atoms with van der Waals surface area (Å²) in [6, 6.07) is 17.6. The van der Waals surface area contributed by atoms with Gasteiger partial charge in [-0.15, -0.1) is 28.3 Å². The molecule has 1 aliphatic rings. The van der Waals surface area contributed by atoms with Gasteiger partial charge in [0.15, 0.2) is 0 Å². The van der Waals surface area contributed by atoms with Gasteiger partial charge in [-0.2, -0.15) is 17.9 Å². The van der Waals surface area contributed by atoms with Crippen LogP contribution >= 0.6 is 23.2 Å². The van der Waals surface area contributed by atoms with Crippen molar-refractivity contribution in [2.45, 2.75) is 61.5 Å². The van der Waals surface area contributed by atoms with Crippen LogP contribution in [0.4, 0.5) is 13.2 Å². The van der Waals surface area contributed by atoms with Crippen LogP contribution in [0.25, 0.3) is 16.8 Å². The summed E-state index contributed by atoms with van der Waals surface area (Å²) < 4.78 is 70.6. The molecule has 1 aromatic heterocycles. The fourth-order valence-electron chi connectivity index (χ4n) is 5.02. The molecule has 1 saturated carbocycles. The highest BCUT2D eigenvalue weighted by Crippen LogP contribution is 2.63. The van der Waals surface area contributed by atoms with Crippen LogP contribution in [0.1, 0.15) is 50.1 Å². The van der Waals surface area contributed by atoms with Crippen LogP contribution in [0, 0.1) is 5.41 Å². The van der Waals surface area contributed by atoms with Gasteiger partial charge in [-0.1, -0.05) is 67.9 Å². The second kappa shape index (κ2) is 12.0. The zero-order valence-corrected chi connectivity index (χ0v) is 26.6. The molecule has 0 saturated heterocycles. The maximum atomic E-state index is 13.7. The monoisotopic (exact) mass is 680 g/mol. The van der Waals surface area contributed by atoms with Gasteiger partial charge in [0.2, 0.25) is 5.91 Å². The lowest BCUT2D eigenvalue weighted by Crippen LogP contribution is -2.37. The Labute approximate surface area is 267 Å². The molecule has 8 nitrogen and oxygen atoms in total. The van der Waals surface area contributed by atoms with E-state index in [-0.39, 0.29) is 23.5 Å². The fourth-order valence-corrected chi connectivity index (χ4v) is 7.04. The molecular weight excluding hydrogens is 652 g/mol. The summed E-state index contributed by atoms with van der Waals surface area (Å²) in [4.78, 5) is 26.1. The normalized spacial score (nSPS) is 17.7. The molecule has 1 fully saturated rings. The van der Waals surface area contributed by atoms with Crippen molar-refractivity contribution < 1.29 is 26.4 Å². The summed E-state index contributed by atoms with van der Waals surface area (Å²) in [7, 11) is -4.30. The van der Waals surface area contributed by atoms with Crippen molar-refractivity contribution in [3.8, 4) is 16.8 Å². The summed E-state index contributed by atoms with van der Waals surface area (Å²) in [6.07, 6.45) is -2.72. The topological polar surface area (TPSA) is 103 Å². The van der Waals surface area contributed by atoms with Crippen LogP contribution < -0.4 is 10.4 Å². The lowest BCUT2D eigenvalue weighted by molar-refractivity contribution is -0.137. The molecule has 0 spiro atoms. The first kappa shape index (κ1) is 32.8. The number of nitrogens with zero attached hydrogens (tertiary/aromatic N) is 3. The minimum atomic E-state index is -4.68. The summed E-state index contributed by atoms with van der Waals surface area (Å²) in [6.45, 7) is 3.47. The van der Waals surface area contributed by atoms with Gasteiger partial charge in [0.1, 0.15) is 10.2 Å². The first-order valence-electron chi connectivity index (χ1n) is 14.1. The number of rotatable bonds is 10. The number of carbonyl (C=O) groups excluding carboxylic acids is 1. The summed E-state index contributed by atoms with van der Waals surface area (Å²) >= 11 is 12.1. The van der Waals surface area contributed by atoms with Crippen molar-refractivity contribution in [2.75, 3.05) is 0 Å². The molecule has 5 rings (SSSR count). The van der Waals surface area contributed by atoms with Gasteiger partial charge in [0.05, 0.1) is 28.1 Å². The maximum Gasteiger partial charge on any atom is 0.418 e. The Hall–Kier alpha value is -3.61. The van der Waals surface area contributed by atoms with E-state index >= 15 is 0 Å². The third-order valence-corrected chi connectivity index (χ3v) is 10.4. The minimum absolute atomic E-state index is 0.0273. The Morgan fingerprint density at radius 1 is 1.02 bits per heavy atom. The number of aromatic nitrogens is 3. The maximum absolute atomic E-state index is 13.7. The lowest BCUT2D eigenvalue weighted by atomic mass is 10.0. The average molecular weight is 682 g/mol. The predicted molar refractivity (Wildman–Crippen MR) is 165 cm³/mol. The van der Waals surface area contributed by atoms with E-state index in [9.17, 15) is 31.2 Å². The van der Waals surface area contributed by atoms with Crippen LogP contribution in [0.5, 0.6) is 0 Å². The highest BCUT2D eigenvalue weighted by molar-refractivity contribution is 7.90. The first-order valence-corrected chi connectivity index (χ1v) is 16.3. The number of unbranched alkanes of at least 4 members (excludes halogenated alkanes) is 1. The van der Waals surface area contributed by atoms with E-state index in [4.69, 9.17) is 23.2 Å². The van der Waals surface area contributed by atoms with E-state index in [2.05, 4.69) is 9.82 Å². The molecule has 14 heteroatoms. The van der Waals surface area contributed by atoms with Gasteiger partial charge in [-0.3, -0.25) is 9.36 Å². The van der Waals surface area contributed by atoms with Crippen molar-refractivity contribution in [3.63, 3.8) is 0 Å². The van der Waals surface area contributed by atoms with Crippen molar-refractivity contribution in [2.24, 2.45) is 5.41 Å². The molecule has 1 unspecified atom stereocenters. The van der Waals surface area contributed by atoms with Gasteiger partial charge in [-0.05, 0) is 49.1 Å². The van der Waals surface area contributed by atoms with Gasteiger partial charge >= 0.3 is 11.9 Å². The quantitative estimate of drug-likeness (QED) is 0.193. The van der Waals surface area contributed by atoms with Crippen molar-refractivity contribution in [1.82, 2.24) is 19.1 Å². The number of hydrogen-bond acceptors (Lipinski definition) is 5. The van der Waals surface area contributed by atoms with Crippen LogP contribution in [0.15, 0.2) is 82.5 Å². The fraction of sp³-hybridized carbons (Fsp3) is 0.323. The number of sulfonamides is 1. The van der Waals surface area contributed by atoms with Gasteiger partial charge in [0.25, 0.3) is 10.0 Å². The number of aryl methyl sites for hydroxylation is 1. The highest BCUT2D eigenvalue weighted by Gasteiger charge is 2.68. The molecule has 0 radical (unpaired) electrons. The molecule has 45 heavy (non-hydrogen) atoms. The molecule has 238 valence electrons. The highest BCUT2D eigenvalue weighted by atomic mass is 35.5. The molecule has 1 N–H and O–H groups in total. The standard InChI is InChI=1S/C31H29Cl2F3N4O4S/c1-3-4-13-26-37-40(24-11-7-6-10-23(24)31(34,35)36)28(42)39(26)18-20-14-16-21(17-15-20)22-9-5-8-12-25(22)45(43,44)38-27(41)29(2)19-30(29,32)33/h5-12,14-17H,3-4,13,18-19H2,1-2H3,(H,38,41). The molecule has 1 heterocycles. The molecule has 1 atom stereocenters. The second-order valence-corrected chi connectivity index (χ2v) is 14.3. The predicted octanol–water partition coefficient (Wildman–Crippen LogP) is 6.50. The van der Waals surface area contributed by atoms with Gasteiger partial charge < -0.3 is 0 Å². The number of hydrogen-bond donors (Lipinski definition) is 1. The Morgan fingerprint density at radius 3 is 2.27 bits per heavy atom. The number of carbonyl (C=O) groups is 1. The number of alkyl halides is 5. The number of halogens is 5. The van der Waals surface area contributed by atoms with Gasteiger partial charge in [0, 0.05) is 12.0 Å². The smallest absolute Gasteiger partial charge is 0.274 e. The third-order valence-electron chi connectivity index (χ3n) is 7.90. The molecule has 1 aliphatic carbocycles. The Bertz CT molecular complexity index is 1920. The third kappa shape index (κ3) is 6.41. The van der Waals surface area contributed by atoms with E-state index in [0.29, 0.717) is 35.4 Å². The summed E-state index contributed by atoms with van der Waals surface area (Å²) in [5, 5.41) is 4.30. The number of amides is 1. The number of para-hydroxylation sites is 1. The molecule has 0 bridgehead atoms. The lowest BCUT2D eigenvalue weighted by Gasteiger charge is -2.15. The van der Waals surface area contributed by atoms with Gasteiger partial charge in [-0.25, -0.2) is 17.9 Å². The second-order valence-electron chi connectivity index (χ2n) is 11.2.